The molecule has 40 heavy (non-hydrogen) atoms. The summed E-state index contributed by atoms with van der Waals surface area (Å²) in [4.78, 5) is 6.62. The highest BCUT2D eigenvalue weighted by Gasteiger charge is 2.36. The maximum absolute atomic E-state index is 14.7. The Labute approximate surface area is 228 Å². The van der Waals surface area contributed by atoms with E-state index in [1.165, 1.54) is 18.2 Å². The van der Waals surface area contributed by atoms with Crippen molar-refractivity contribution in [1.82, 2.24) is 5.32 Å². The Bertz CT molecular complexity index is 1450. The molecule has 1 fully saturated rings. The molecule has 0 radical (unpaired) electrons. The predicted molar refractivity (Wildman–Crippen MR) is 146 cm³/mol. The molecule has 3 N–H and O–H groups in total. The third kappa shape index (κ3) is 5.60. The molecule has 0 saturated carbocycles. The number of aliphatic imine (C=N–C) groups is 1. The molecule has 0 amide bonds. The van der Waals surface area contributed by atoms with Gasteiger partial charge in [0.05, 0.1) is 17.9 Å². The second kappa shape index (κ2) is 11.2. The monoisotopic (exact) mass is 557 g/mol. The Morgan fingerprint density at radius 2 is 1.95 bits per heavy atom. The van der Waals surface area contributed by atoms with Gasteiger partial charge in [0.25, 0.3) is 0 Å². The number of nitrogens with one attached hydrogen (secondary N) is 3. The Kier molecular flexibility index (Phi) is 7.66. The molecule has 0 spiro atoms. The van der Waals surface area contributed by atoms with E-state index in [-0.39, 0.29) is 28.3 Å². The third-order valence-corrected chi connectivity index (χ3v) is 6.69. The van der Waals surface area contributed by atoms with Crippen molar-refractivity contribution in [1.29, 1.82) is 0 Å². The van der Waals surface area contributed by atoms with Gasteiger partial charge in [-0.1, -0.05) is 31.7 Å². The largest absolute Gasteiger partial charge is 0.416 e. The number of anilines is 3. The lowest BCUT2D eigenvalue weighted by Crippen LogP contribution is -2.31. The molecule has 2 heterocycles. The first-order chi connectivity index (χ1) is 19.2. The van der Waals surface area contributed by atoms with E-state index in [4.69, 9.17) is 4.74 Å². The van der Waals surface area contributed by atoms with E-state index in [1.807, 2.05) is 24.0 Å². The van der Waals surface area contributed by atoms with Gasteiger partial charge >= 0.3 is 6.18 Å². The van der Waals surface area contributed by atoms with Crippen molar-refractivity contribution < 1.29 is 26.7 Å². The van der Waals surface area contributed by atoms with Crippen molar-refractivity contribution in [2.45, 2.75) is 25.7 Å². The minimum Gasteiger partial charge on any atom is -0.382 e. The van der Waals surface area contributed by atoms with E-state index < -0.39 is 29.5 Å². The van der Waals surface area contributed by atoms with Crippen molar-refractivity contribution in [2.75, 3.05) is 42.0 Å². The van der Waals surface area contributed by atoms with Crippen LogP contribution in [0, 0.1) is 11.6 Å². The van der Waals surface area contributed by atoms with Crippen molar-refractivity contribution in [3.05, 3.63) is 95.1 Å². The number of hydrogen-bond acceptors (Lipinski definition) is 6. The highest BCUT2D eigenvalue weighted by Crippen LogP contribution is 2.39. The second-order valence-electron chi connectivity index (χ2n) is 9.48. The number of benzene rings is 3. The lowest BCUT2D eigenvalue weighted by molar-refractivity contribution is -0.138. The van der Waals surface area contributed by atoms with Gasteiger partial charge in [0.2, 0.25) is 0 Å². The van der Waals surface area contributed by atoms with Crippen LogP contribution in [0.1, 0.15) is 41.8 Å². The number of nitrogens with zero attached hydrogens (tertiary/aromatic N) is 2. The smallest absolute Gasteiger partial charge is 0.382 e. The molecule has 1 atom stereocenters. The van der Waals surface area contributed by atoms with Crippen LogP contribution in [0.5, 0.6) is 0 Å². The normalized spacial score (nSPS) is 16.7. The van der Waals surface area contributed by atoms with Gasteiger partial charge in [-0.15, -0.1) is 0 Å². The number of hydrogen-bond donors (Lipinski definition) is 3. The summed E-state index contributed by atoms with van der Waals surface area (Å²) in [5.41, 5.74) is 1.38. The van der Waals surface area contributed by atoms with Gasteiger partial charge in [-0.2, -0.15) is 13.2 Å². The van der Waals surface area contributed by atoms with Crippen LogP contribution >= 0.6 is 0 Å². The van der Waals surface area contributed by atoms with E-state index in [9.17, 15) is 22.0 Å². The third-order valence-electron chi connectivity index (χ3n) is 6.69. The number of ether oxygens (including phenoxy) is 1. The van der Waals surface area contributed by atoms with E-state index >= 15 is 0 Å². The first kappa shape index (κ1) is 27.4. The molecular formula is C29H28F5N5O. The summed E-state index contributed by atoms with van der Waals surface area (Å²) in [5, 5.41) is 9.11. The number of amidine groups is 1. The second-order valence-corrected chi connectivity index (χ2v) is 9.48. The minimum absolute atomic E-state index is 0.0651. The van der Waals surface area contributed by atoms with Gasteiger partial charge in [-0.25, -0.2) is 13.8 Å². The van der Waals surface area contributed by atoms with Crippen LogP contribution in [0.4, 0.5) is 39.0 Å². The summed E-state index contributed by atoms with van der Waals surface area (Å²) in [6.45, 7) is 7.99. The maximum Gasteiger partial charge on any atom is 0.416 e. The Morgan fingerprint density at radius 1 is 1.15 bits per heavy atom. The summed E-state index contributed by atoms with van der Waals surface area (Å²) in [5.74, 6) is -1.38. The average molecular weight is 558 g/mol. The summed E-state index contributed by atoms with van der Waals surface area (Å²) in [6, 6.07) is 12.6. The van der Waals surface area contributed by atoms with E-state index in [0.717, 1.165) is 23.9 Å². The van der Waals surface area contributed by atoms with Crippen LogP contribution in [0.15, 0.2) is 66.2 Å². The van der Waals surface area contributed by atoms with Crippen molar-refractivity contribution in [3.63, 3.8) is 0 Å². The fraction of sp³-hybridized carbons (Fsp3) is 0.276. The lowest BCUT2D eigenvalue weighted by atomic mass is 10.0. The highest BCUT2D eigenvalue weighted by atomic mass is 19.4. The molecular weight excluding hydrogens is 529 g/mol. The molecule has 2 aliphatic rings. The SMILES string of the molecule is C=C(NC1=NC(c2ccccc2C(F)(F)F)Nc2ccc(N3CCOC3)cc21)c1cc(F)cc(F)c1NCCC. The Hall–Kier alpha value is -4.12. The zero-order chi connectivity index (χ0) is 28.4. The standard InChI is InChI=1S/C29H28F5N5O/c1-3-10-35-26-21(13-18(30)14-24(26)31)17(2)36-28-22-15-19(39-11-12-40-16-39)8-9-25(22)37-27(38-28)20-6-4-5-7-23(20)29(32,33)34/h4-9,13-15,27,35,37H,2-3,10-12,16H2,1H3,(H,36,38). The van der Waals surface area contributed by atoms with Gasteiger partial charge in [-0.3, -0.25) is 0 Å². The summed E-state index contributed by atoms with van der Waals surface area (Å²) in [6.07, 6.45) is -4.99. The van der Waals surface area contributed by atoms with Crippen LogP contribution in [0.3, 0.4) is 0 Å². The number of alkyl halides is 3. The van der Waals surface area contributed by atoms with Crippen molar-refractivity contribution in [2.24, 2.45) is 4.99 Å². The molecule has 0 aromatic heterocycles. The van der Waals surface area contributed by atoms with Crippen LogP contribution in [0.25, 0.3) is 5.70 Å². The quantitative estimate of drug-likeness (QED) is 0.281. The van der Waals surface area contributed by atoms with Crippen LogP contribution < -0.4 is 20.9 Å². The highest BCUT2D eigenvalue weighted by molar-refractivity contribution is 6.09. The van der Waals surface area contributed by atoms with Gasteiger partial charge in [0, 0.05) is 52.9 Å². The van der Waals surface area contributed by atoms with E-state index in [0.29, 0.717) is 44.1 Å². The Balaban J connectivity index is 1.58. The molecule has 6 nitrogen and oxygen atoms in total. The molecule has 3 aromatic rings. The number of rotatable bonds is 7. The summed E-state index contributed by atoms with van der Waals surface area (Å²) >= 11 is 0. The molecule has 5 rings (SSSR count). The zero-order valence-electron chi connectivity index (χ0n) is 21.7. The van der Waals surface area contributed by atoms with Crippen molar-refractivity contribution in [3.8, 4) is 0 Å². The molecule has 0 bridgehead atoms. The molecule has 2 aliphatic heterocycles. The number of fused-ring (bicyclic) bond motifs is 1. The zero-order valence-corrected chi connectivity index (χ0v) is 21.7. The predicted octanol–water partition coefficient (Wildman–Crippen LogP) is 6.73. The summed E-state index contributed by atoms with van der Waals surface area (Å²) in [7, 11) is 0. The first-order valence-corrected chi connectivity index (χ1v) is 12.8. The fourth-order valence-electron chi connectivity index (χ4n) is 4.74. The van der Waals surface area contributed by atoms with Gasteiger partial charge in [0.1, 0.15) is 30.4 Å². The topological polar surface area (TPSA) is 60.9 Å². The Morgan fingerprint density at radius 3 is 2.67 bits per heavy atom. The molecule has 1 saturated heterocycles. The van der Waals surface area contributed by atoms with Gasteiger partial charge < -0.3 is 25.6 Å². The van der Waals surface area contributed by atoms with E-state index in [2.05, 4.69) is 27.5 Å². The van der Waals surface area contributed by atoms with E-state index in [1.54, 1.807) is 6.07 Å². The van der Waals surface area contributed by atoms with Crippen LogP contribution in [-0.4, -0.2) is 32.3 Å². The first-order valence-electron chi connectivity index (χ1n) is 12.8. The molecule has 0 aliphatic carbocycles. The summed E-state index contributed by atoms with van der Waals surface area (Å²) < 4.78 is 76.1. The molecule has 11 heteroatoms. The van der Waals surface area contributed by atoms with Gasteiger partial charge in [0.15, 0.2) is 0 Å². The lowest BCUT2D eigenvalue weighted by Gasteiger charge is -2.30. The molecule has 210 valence electrons. The van der Waals surface area contributed by atoms with Crippen molar-refractivity contribution >= 4 is 28.6 Å². The average Bonchev–Trinajstić information content (AvgIpc) is 3.46. The fourth-order valence-corrected chi connectivity index (χ4v) is 4.74. The van der Waals surface area contributed by atoms with Crippen LogP contribution in [0.2, 0.25) is 0 Å². The minimum atomic E-state index is -4.59. The number of halogens is 5. The molecule has 1 unspecified atom stereocenters. The van der Waals surface area contributed by atoms with Gasteiger partial charge in [-0.05, 0) is 36.8 Å². The van der Waals surface area contributed by atoms with Crippen LogP contribution in [-0.2, 0) is 10.9 Å². The maximum atomic E-state index is 14.7. The molecule has 3 aromatic carbocycles.